The van der Waals surface area contributed by atoms with E-state index in [-0.39, 0.29) is 16.7 Å². The molecule has 8 nitrogen and oxygen atoms in total. The molecule has 182 valence electrons. The number of carboxylic acids is 1. The lowest BCUT2D eigenvalue weighted by molar-refractivity contribution is -0.140. The van der Waals surface area contributed by atoms with Crippen LogP contribution in [0.1, 0.15) is 50.0 Å². The van der Waals surface area contributed by atoms with Gasteiger partial charge in [-0.1, -0.05) is 36.4 Å². The van der Waals surface area contributed by atoms with E-state index in [4.69, 9.17) is 4.74 Å². The van der Waals surface area contributed by atoms with Crippen LogP contribution in [0.5, 0.6) is 0 Å². The van der Waals surface area contributed by atoms with Crippen molar-refractivity contribution >= 4 is 39.0 Å². The van der Waals surface area contributed by atoms with Gasteiger partial charge in [-0.05, 0) is 56.9 Å². The molecule has 1 aliphatic heterocycles. The summed E-state index contributed by atoms with van der Waals surface area (Å²) in [7, 11) is -4.03. The molecule has 10 heteroatoms. The second-order valence-electron chi connectivity index (χ2n) is 9.57. The highest BCUT2D eigenvalue weighted by molar-refractivity contribution is 7.91. The Kier molecular flexibility index (Phi) is 6.34. The Morgan fingerprint density at radius 2 is 1.88 bits per heavy atom. The SMILES string of the molecule is CC(C)(C)OC(=O)N1CC=C(c2ccc(S(=O)(=O)N[C@@]3(C(=O)O)CC3c3ccccc3)s2)CC1. The van der Waals surface area contributed by atoms with Gasteiger partial charge in [0.2, 0.25) is 0 Å². The Bertz CT molecular complexity index is 1230. The lowest BCUT2D eigenvalue weighted by Crippen LogP contribution is -2.44. The van der Waals surface area contributed by atoms with E-state index in [1.165, 1.54) is 6.07 Å². The Morgan fingerprint density at radius 1 is 1.18 bits per heavy atom. The summed E-state index contributed by atoms with van der Waals surface area (Å²) in [5.74, 6) is -1.60. The number of benzene rings is 1. The van der Waals surface area contributed by atoms with E-state index in [2.05, 4.69) is 4.72 Å². The van der Waals surface area contributed by atoms with Gasteiger partial charge in [0.15, 0.2) is 0 Å². The third-order valence-electron chi connectivity index (χ3n) is 5.88. The van der Waals surface area contributed by atoms with Crippen molar-refractivity contribution in [1.29, 1.82) is 0 Å². The molecule has 1 fully saturated rings. The second kappa shape index (κ2) is 8.83. The molecule has 1 unspecified atom stereocenters. The summed E-state index contributed by atoms with van der Waals surface area (Å²) in [6.07, 6.45) is 2.30. The zero-order chi connectivity index (χ0) is 24.7. The van der Waals surface area contributed by atoms with E-state index < -0.39 is 33.1 Å². The van der Waals surface area contributed by atoms with Crippen molar-refractivity contribution in [1.82, 2.24) is 9.62 Å². The number of sulfonamides is 1. The normalized spacial score (nSPS) is 22.7. The molecule has 2 heterocycles. The maximum absolute atomic E-state index is 13.1. The smallest absolute Gasteiger partial charge is 0.410 e. The van der Waals surface area contributed by atoms with E-state index in [9.17, 15) is 23.1 Å². The molecule has 34 heavy (non-hydrogen) atoms. The van der Waals surface area contributed by atoms with Crippen molar-refractivity contribution < 1.29 is 27.9 Å². The van der Waals surface area contributed by atoms with Crippen molar-refractivity contribution in [3.8, 4) is 0 Å². The molecular weight excluding hydrogens is 476 g/mol. The van der Waals surface area contributed by atoms with Gasteiger partial charge in [0, 0.05) is 23.9 Å². The van der Waals surface area contributed by atoms with Gasteiger partial charge in [-0.2, -0.15) is 4.72 Å². The molecule has 2 aliphatic rings. The third-order valence-corrected chi connectivity index (χ3v) is 9.05. The van der Waals surface area contributed by atoms with Crippen molar-refractivity contribution in [3.05, 3.63) is 59.0 Å². The standard InChI is InChI=1S/C24H28N2O6S2/c1-23(2,3)32-22(29)26-13-11-17(12-14-26)19-9-10-20(33-19)34(30,31)25-24(21(27)28)15-18(24)16-7-5-4-6-8-16/h4-11,18,25H,12-15H2,1-3H3,(H,27,28)/t18?,24-/m0/s1. The Balaban J connectivity index is 1.46. The molecule has 2 atom stereocenters. The summed E-state index contributed by atoms with van der Waals surface area (Å²) in [5, 5.41) is 9.82. The highest BCUT2D eigenvalue weighted by Gasteiger charge is 2.63. The molecule has 0 bridgehead atoms. The molecule has 0 spiro atoms. The highest BCUT2D eigenvalue weighted by Crippen LogP contribution is 2.52. The van der Waals surface area contributed by atoms with E-state index in [1.807, 2.05) is 57.2 Å². The van der Waals surface area contributed by atoms with Crippen molar-refractivity contribution in [2.45, 2.75) is 54.9 Å². The van der Waals surface area contributed by atoms with Crippen LogP contribution in [0.4, 0.5) is 4.79 Å². The summed E-state index contributed by atoms with van der Waals surface area (Å²) in [6, 6.07) is 12.3. The maximum Gasteiger partial charge on any atom is 0.410 e. The number of carbonyl (C=O) groups excluding carboxylic acids is 1. The zero-order valence-corrected chi connectivity index (χ0v) is 20.9. The lowest BCUT2D eigenvalue weighted by atomic mass is 10.1. The Hall–Kier alpha value is -2.69. The first-order chi connectivity index (χ1) is 15.9. The lowest BCUT2D eigenvalue weighted by Gasteiger charge is -2.29. The first-order valence-corrected chi connectivity index (χ1v) is 13.3. The van der Waals surface area contributed by atoms with Crippen LogP contribution >= 0.6 is 11.3 Å². The predicted molar refractivity (Wildman–Crippen MR) is 129 cm³/mol. The number of aliphatic carboxylic acids is 1. The van der Waals surface area contributed by atoms with Gasteiger partial charge >= 0.3 is 12.1 Å². The van der Waals surface area contributed by atoms with Crippen LogP contribution in [-0.4, -0.2) is 54.7 Å². The minimum atomic E-state index is -4.03. The molecule has 1 saturated carbocycles. The minimum absolute atomic E-state index is 0.0670. The number of hydrogen-bond donors (Lipinski definition) is 2. The van der Waals surface area contributed by atoms with Crippen LogP contribution in [-0.2, 0) is 19.6 Å². The molecule has 0 radical (unpaired) electrons. The summed E-state index contributed by atoms with van der Waals surface area (Å²) < 4.78 is 34.1. The van der Waals surface area contributed by atoms with Crippen LogP contribution in [0.3, 0.4) is 0 Å². The zero-order valence-electron chi connectivity index (χ0n) is 19.3. The molecule has 1 aliphatic carbocycles. The van der Waals surface area contributed by atoms with Gasteiger partial charge in [0.1, 0.15) is 15.3 Å². The van der Waals surface area contributed by atoms with Gasteiger partial charge in [-0.15, -0.1) is 11.3 Å². The van der Waals surface area contributed by atoms with E-state index in [0.29, 0.717) is 19.5 Å². The number of ether oxygens (including phenoxy) is 1. The summed E-state index contributed by atoms with van der Waals surface area (Å²) in [5.41, 5.74) is -0.365. The molecular formula is C24H28N2O6S2. The quantitative estimate of drug-likeness (QED) is 0.613. The van der Waals surface area contributed by atoms with Gasteiger partial charge in [-0.25, -0.2) is 13.2 Å². The fourth-order valence-electron chi connectivity index (χ4n) is 4.06. The summed E-state index contributed by atoms with van der Waals surface area (Å²) >= 11 is 1.10. The van der Waals surface area contributed by atoms with Gasteiger partial charge < -0.3 is 14.7 Å². The van der Waals surface area contributed by atoms with Gasteiger partial charge in [-0.3, -0.25) is 4.79 Å². The van der Waals surface area contributed by atoms with Crippen LogP contribution < -0.4 is 4.72 Å². The number of rotatable bonds is 6. The highest BCUT2D eigenvalue weighted by atomic mass is 32.2. The molecule has 2 N–H and O–H groups in total. The van der Waals surface area contributed by atoms with Crippen molar-refractivity contribution in [2.75, 3.05) is 13.1 Å². The number of nitrogens with zero attached hydrogens (tertiary/aromatic N) is 1. The Labute approximate surface area is 203 Å². The van der Waals surface area contributed by atoms with Crippen LogP contribution in [0.25, 0.3) is 5.57 Å². The van der Waals surface area contributed by atoms with Crippen molar-refractivity contribution in [2.24, 2.45) is 0 Å². The number of thiophene rings is 1. The number of nitrogens with one attached hydrogen (secondary N) is 1. The third kappa shape index (κ3) is 5.03. The fraction of sp³-hybridized carbons (Fsp3) is 0.417. The first kappa shape index (κ1) is 24.4. The molecule has 1 aromatic carbocycles. The van der Waals surface area contributed by atoms with E-state index in [1.54, 1.807) is 11.0 Å². The maximum atomic E-state index is 13.1. The second-order valence-corrected chi connectivity index (χ2v) is 12.6. The van der Waals surface area contributed by atoms with E-state index >= 15 is 0 Å². The van der Waals surface area contributed by atoms with Crippen LogP contribution in [0.2, 0.25) is 0 Å². The average molecular weight is 505 g/mol. The number of amides is 1. The Morgan fingerprint density at radius 3 is 2.47 bits per heavy atom. The molecule has 4 rings (SSSR count). The topological polar surface area (TPSA) is 113 Å². The molecule has 1 aromatic heterocycles. The number of carboxylic acid groups (broad SMARTS) is 1. The van der Waals surface area contributed by atoms with Crippen LogP contribution in [0.15, 0.2) is 52.7 Å². The summed E-state index contributed by atoms with van der Waals surface area (Å²) in [4.78, 5) is 26.7. The number of carbonyl (C=O) groups is 2. The van der Waals surface area contributed by atoms with Crippen molar-refractivity contribution in [3.63, 3.8) is 0 Å². The average Bonchev–Trinajstić information content (AvgIpc) is 3.26. The number of hydrogen-bond acceptors (Lipinski definition) is 6. The van der Waals surface area contributed by atoms with Crippen LogP contribution in [0, 0.1) is 0 Å². The molecule has 1 amide bonds. The first-order valence-electron chi connectivity index (χ1n) is 11.0. The monoisotopic (exact) mass is 504 g/mol. The van der Waals surface area contributed by atoms with E-state index in [0.717, 1.165) is 27.4 Å². The minimum Gasteiger partial charge on any atom is -0.480 e. The van der Waals surface area contributed by atoms with Gasteiger partial charge in [0.25, 0.3) is 10.0 Å². The van der Waals surface area contributed by atoms with Gasteiger partial charge in [0.05, 0.1) is 0 Å². The summed E-state index contributed by atoms with van der Waals surface area (Å²) in [6.45, 7) is 6.30. The largest absolute Gasteiger partial charge is 0.480 e. The fourth-order valence-corrected chi connectivity index (χ4v) is 6.83. The molecule has 2 aromatic rings. The predicted octanol–water partition coefficient (Wildman–Crippen LogP) is 4.06. The molecule has 0 saturated heterocycles.